The van der Waals surface area contributed by atoms with Crippen molar-refractivity contribution in [1.82, 2.24) is 5.32 Å². The van der Waals surface area contributed by atoms with Crippen molar-refractivity contribution >= 4 is 5.69 Å². The van der Waals surface area contributed by atoms with Crippen LogP contribution >= 0.6 is 0 Å². The van der Waals surface area contributed by atoms with Crippen LogP contribution < -0.4 is 10.2 Å². The first kappa shape index (κ1) is 15.0. The fraction of sp³-hybridized carbons (Fsp3) is 0.625. The van der Waals surface area contributed by atoms with E-state index >= 15 is 0 Å². The van der Waals surface area contributed by atoms with E-state index in [4.69, 9.17) is 0 Å². The fourth-order valence-electron chi connectivity index (χ4n) is 2.16. The van der Waals surface area contributed by atoms with Crippen molar-refractivity contribution < 1.29 is 0 Å². The Morgan fingerprint density at radius 2 is 1.72 bits per heavy atom. The topological polar surface area (TPSA) is 15.3 Å². The molecule has 0 aliphatic carbocycles. The molecule has 0 saturated heterocycles. The summed E-state index contributed by atoms with van der Waals surface area (Å²) in [7, 11) is 4.16. The highest BCUT2D eigenvalue weighted by molar-refractivity contribution is 5.46. The van der Waals surface area contributed by atoms with Crippen molar-refractivity contribution in [3.8, 4) is 0 Å². The Morgan fingerprint density at radius 1 is 1.11 bits per heavy atom. The molecule has 0 bridgehead atoms. The molecule has 1 N–H and O–H groups in total. The Balaban J connectivity index is 2.83. The van der Waals surface area contributed by atoms with E-state index in [0.717, 1.165) is 6.54 Å². The molecule has 0 spiro atoms. The summed E-state index contributed by atoms with van der Waals surface area (Å²) in [5.41, 5.74) is 2.67. The van der Waals surface area contributed by atoms with E-state index in [1.165, 1.54) is 24.1 Å². The van der Waals surface area contributed by atoms with Crippen molar-refractivity contribution in [2.45, 2.75) is 39.7 Å². The van der Waals surface area contributed by atoms with Crippen molar-refractivity contribution in [3.05, 3.63) is 29.8 Å². The Labute approximate surface area is 112 Å². The molecule has 0 fully saturated rings. The minimum absolute atomic E-state index is 0.478. The lowest BCUT2D eigenvalue weighted by molar-refractivity contribution is 0.377. The first-order valence-electron chi connectivity index (χ1n) is 7.10. The van der Waals surface area contributed by atoms with Crippen molar-refractivity contribution in [1.29, 1.82) is 0 Å². The summed E-state index contributed by atoms with van der Waals surface area (Å²) in [6.45, 7) is 7.90. The summed E-state index contributed by atoms with van der Waals surface area (Å²) >= 11 is 0. The molecule has 0 aliphatic heterocycles. The molecule has 0 amide bonds. The average Bonchev–Trinajstić information content (AvgIpc) is 2.39. The van der Waals surface area contributed by atoms with E-state index < -0.39 is 0 Å². The van der Waals surface area contributed by atoms with Crippen LogP contribution in [0.5, 0.6) is 0 Å². The maximum absolute atomic E-state index is 3.67. The fourth-order valence-corrected chi connectivity index (χ4v) is 2.16. The van der Waals surface area contributed by atoms with Crippen LogP contribution in [0.4, 0.5) is 5.69 Å². The zero-order chi connectivity index (χ0) is 13.5. The van der Waals surface area contributed by atoms with Gasteiger partial charge in [0.15, 0.2) is 0 Å². The van der Waals surface area contributed by atoms with E-state index in [1.807, 2.05) is 0 Å². The van der Waals surface area contributed by atoms with Gasteiger partial charge in [0.2, 0.25) is 0 Å². The molecule has 2 unspecified atom stereocenters. The van der Waals surface area contributed by atoms with Crippen LogP contribution in [0.3, 0.4) is 0 Å². The molecule has 2 atom stereocenters. The molecule has 102 valence electrons. The molecule has 0 saturated carbocycles. The zero-order valence-electron chi connectivity index (χ0n) is 12.5. The lowest BCUT2D eigenvalue weighted by Gasteiger charge is -2.25. The number of rotatable bonds is 7. The first-order valence-corrected chi connectivity index (χ1v) is 7.10. The third-order valence-corrected chi connectivity index (χ3v) is 3.60. The van der Waals surface area contributed by atoms with E-state index in [-0.39, 0.29) is 0 Å². The summed E-state index contributed by atoms with van der Waals surface area (Å²) < 4.78 is 0. The highest BCUT2D eigenvalue weighted by Gasteiger charge is 2.16. The van der Waals surface area contributed by atoms with Crippen LogP contribution in [-0.2, 0) is 0 Å². The Hall–Kier alpha value is -1.02. The summed E-state index contributed by atoms with van der Waals surface area (Å²) in [5.74, 6) is 0.668. The van der Waals surface area contributed by atoms with Gasteiger partial charge in [0.25, 0.3) is 0 Å². The van der Waals surface area contributed by atoms with Gasteiger partial charge in [0, 0.05) is 25.8 Å². The quantitative estimate of drug-likeness (QED) is 0.788. The Morgan fingerprint density at radius 3 is 2.17 bits per heavy atom. The number of hydrogen-bond acceptors (Lipinski definition) is 2. The van der Waals surface area contributed by atoms with Gasteiger partial charge in [-0.05, 0) is 36.6 Å². The molecule has 2 nitrogen and oxygen atoms in total. The highest BCUT2D eigenvalue weighted by Crippen LogP contribution is 2.26. The van der Waals surface area contributed by atoms with Crippen LogP contribution in [0, 0.1) is 5.92 Å². The zero-order valence-corrected chi connectivity index (χ0v) is 12.5. The molecule has 0 aliphatic rings. The standard InChI is InChI=1S/C16H28N2/c1-6-12-17-16(13(3)7-2)14-8-10-15(11-9-14)18(4)5/h8-11,13,16-17H,6-7,12H2,1-5H3. The van der Waals surface area contributed by atoms with Gasteiger partial charge in [0.1, 0.15) is 0 Å². The van der Waals surface area contributed by atoms with Gasteiger partial charge in [-0.3, -0.25) is 0 Å². The molecule has 1 aromatic rings. The molecular formula is C16H28N2. The largest absolute Gasteiger partial charge is 0.378 e. The van der Waals surface area contributed by atoms with E-state index in [2.05, 4.69) is 69.3 Å². The van der Waals surface area contributed by atoms with Crippen LogP contribution in [0.15, 0.2) is 24.3 Å². The molecule has 0 aromatic heterocycles. The van der Waals surface area contributed by atoms with Crippen LogP contribution in [-0.4, -0.2) is 20.6 Å². The maximum Gasteiger partial charge on any atom is 0.0361 e. The summed E-state index contributed by atoms with van der Waals surface area (Å²) in [6.07, 6.45) is 2.39. The second kappa shape index (κ2) is 7.42. The van der Waals surface area contributed by atoms with Crippen molar-refractivity contribution in [2.75, 3.05) is 25.5 Å². The molecule has 2 heteroatoms. The second-order valence-corrected chi connectivity index (χ2v) is 5.30. The van der Waals surface area contributed by atoms with Gasteiger partial charge in [0.05, 0.1) is 0 Å². The molecule has 0 radical (unpaired) electrons. The SMILES string of the molecule is CCCNC(c1ccc(N(C)C)cc1)C(C)CC. The van der Waals surface area contributed by atoms with Crippen molar-refractivity contribution in [2.24, 2.45) is 5.92 Å². The van der Waals surface area contributed by atoms with Crippen LogP contribution in [0.1, 0.15) is 45.2 Å². The molecule has 1 rings (SSSR count). The average molecular weight is 248 g/mol. The van der Waals surface area contributed by atoms with E-state index in [1.54, 1.807) is 0 Å². The van der Waals surface area contributed by atoms with Crippen LogP contribution in [0.25, 0.3) is 0 Å². The van der Waals surface area contributed by atoms with Gasteiger partial charge in [-0.1, -0.05) is 39.3 Å². The van der Waals surface area contributed by atoms with Gasteiger partial charge < -0.3 is 10.2 Å². The normalized spacial score (nSPS) is 14.3. The van der Waals surface area contributed by atoms with E-state index in [0.29, 0.717) is 12.0 Å². The summed E-state index contributed by atoms with van der Waals surface area (Å²) in [6, 6.07) is 9.41. The second-order valence-electron chi connectivity index (χ2n) is 5.30. The maximum atomic E-state index is 3.67. The van der Waals surface area contributed by atoms with Crippen LogP contribution in [0.2, 0.25) is 0 Å². The number of benzene rings is 1. The molecular weight excluding hydrogens is 220 g/mol. The van der Waals surface area contributed by atoms with Gasteiger partial charge in [-0.15, -0.1) is 0 Å². The lowest BCUT2D eigenvalue weighted by atomic mass is 9.92. The predicted molar refractivity (Wildman–Crippen MR) is 81.3 cm³/mol. The molecule has 18 heavy (non-hydrogen) atoms. The number of hydrogen-bond donors (Lipinski definition) is 1. The molecule has 1 aromatic carbocycles. The monoisotopic (exact) mass is 248 g/mol. The number of anilines is 1. The van der Waals surface area contributed by atoms with Gasteiger partial charge in [-0.25, -0.2) is 0 Å². The van der Waals surface area contributed by atoms with E-state index in [9.17, 15) is 0 Å². The first-order chi connectivity index (χ1) is 8.60. The molecule has 0 heterocycles. The lowest BCUT2D eigenvalue weighted by Crippen LogP contribution is -2.27. The summed E-state index contributed by atoms with van der Waals surface area (Å²) in [5, 5.41) is 3.67. The predicted octanol–water partition coefficient (Wildman–Crippen LogP) is 3.84. The Kier molecular flexibility index (Phi) is 6.20. The minimum Gasteiger partial charge on any atom is -0.378 e. The number of nitrogens with zero attached hydrogens (tertiary/aromatic N) is 1. The highest BCUT2D eigenvalue weighted by atomic mass is 15.1. The minimum atomic E-state index is 0.478. The number of nitrogens with one attached hydrogen (secondary N) is 1. The third kappa shape index (κ3) is 4.02. The third-order valence-electron chi connectivity index (χ3n) is 3.60. The van der Waals surface area contributed by atoms with Crippen molar-refractivity contribution in [3.63, 3.8) is 0 Å². The van der Waals surface area contributed by atoms with Gasteiger partial charge in [-0.2, -0.15) is 0 Å². The summed E-state index contributed by atoms with van der Waals surface area (Å²) in [4.78, 5) is 2.14. The Bertz CT molecular complexity index is 329. The smallest absolute Gasteiger partial charge is 0.0361 e. The van der Waals surface area contributed by atoms with Gasteiger partial charge >= 0.3 is 0 Å².